The van der Waals surface area contributed by atoms with E-state index in [4.69, 9.17) is 9.47 Å². The zero-order valence-corrected chi connectivity index (χ0v) is 10.4. The number of nitrogens with one attached hydrogen (secondary N) is 2. The summed E-state index contributed by atoms with van der Waals surface area (Å²) in [6.07, 6.45) is 0. The van der Waals surface area contributed by atoms with Gasteiger partial charge < -0.3 is 20.1 Å². The predicted octanol–water partition coefficient (Wildman–Crippen LogP) is 1.60. The van der Waals surface area contributed by atoms with Gasteiger partial charge in [0.15, 0.2) is 11.5 Å². The normalized spacial score (nSPS) is 16.6. The van der Waals surface area contributed by atoms with Crippen molar-refractivity contribution in [1.29, 1.82) is 0 Å². The van der Waals surface area contributed by atoms with Crippen LogP contribution in [0.4, 0.5) is 5.69 Å². The summed E-state index contributed by atoms with van der Waals surface area (Å²) in [6.45, 7) is 3.79. The summed E-state index contributed by atoms with van der Waals surface area (Å²) in [6, 6.07) is 3.44. The second kappa shape index (κ2) is 3.84. The molecule has 0 bridgehead atoms. The molecule has 1 aromatic carbocycles. The van der Waals surface area contributed by atoms with Gasteiger partial charge in [-0.05, 0) is 19.9 Å². The number of amides is 1. The Bertz CT molecular complexity index is 469. The molecule has 0 saturated carbocycles. The zero-order valence-electron chi connectivity index (χ0n) is 10.4. The van der Waals surface area contributed by atoms with Crippen LogP contribution in [0.25, 0.3) is 0 Å². The molecule has 92 valence electrons. The lowest BCUT2D eigenvalue weighted by atomic mass is 10.0. The number of fused-ring (bicyclic) bond motifs is 1. The average Bonchev–Trinajstić information content (AvgIpc) is 2.26. The molecule has 0 aliphatic carbocycles. The van der Waals surface area contributed by atoms with Crippen molar-refractivity contribution < 1.29 is 14.3 Å². The van der Waals surface area contributed by atoms with Crippen LogP contribution >= 0.6 is 0 Å². The number of anilines is 1. The van der Waals surface area contributed by atoms with Gasteiger partial charge in [0, 0.05) is 6.07 Å². The molecule has 0 radical (unpaired) electrons. The van der Waals surface area contributed by atoms with Crippen LogP contribution in [-0.4, -0.2) is 25.8 Å². The summed E-state index contributed by atoms with van der Waals surface area (Å²) in [5.74, 6) is 1.02. The smallest absolute Gasteiger partial charge is 0.255 e. The molecule has 1 aromatic rings. The minimum atomic E-state index is -0.469. The van der Waals surface area contributed by atoms with Gasteiger partial charge in [-0.15, -0.1) is 0 Å². The quantitative estimate of drug-likeness (QED) is 0.818. The molecule has 2 rings (SSSR count). The summed E-state index contributed by atoms with van der Waals surface area (Å²) >= 11 is 0. The molecule has 17 heavy (non-hydrogen) atoms. The number of ether oxygens (including phenoxy) is 2. The lowest BCUT2D eigenvalue weighted by Gasteiger charge is -2.34. The van der Waals surface area contributed by atoms with E-state index >= 15 is 0 Å². The highest BCUT2D eigenvalue weighted by Crippen LogP contribution is 2.36. The predicted molar refractivity (Wildman–Crippen MR) is 64.7 cm³/mol. The van der Waals surface area contributed by atoms with Gasteiger partial charge in [-0.2, -0.15) is 0 Å². The number of benzene rings is 1. The van der Waals surface area contributed by atoms with Crippen LogP contribution in [-0.2, 0) is 0 Å². The van der Waals surface area contributed by atoms with Gasteiger partial charge in [0.1, 0.15) is 5.66 Å². The molecule has 0 unspecified atom stereocenters. The van der Waals surface area contributed by atoms with Crippen LogP contribution in [0.3, 0.4) is 0 Å². The first kappa shape index (κ1) is 11.6. The Morgan fingerprint density at radius 3 is 2.24 bits per heavy atom. The Balaban J connectivity index is 2.53. The largest absolute Gasteiger partial charge is 0.493 e. The van der Waals surface area contributed by atoms with E-state index in [0.717, 1.165) is 5.69 Å². The highest BCUT2D eigenvalue weighted by molar-refractivity contribution is 6.03. The van der Waals surface area contributed by atoms with E-state index < -0.39 is 5.66 Å². The van der Waals surface area contributed by atoms with Gasteiger partial charge in [0.25, 0.3) is 5.91 Å². The standard InChI is InChI=1S/C12H16N2O3/c1-12(2)13-8-6-10(17-4)9(16-3)5-7(8)11(15)14-12/h5-6,13H,1-4H3,(H,14,15). The third-order valence-electron chi connectivity index (χ3n) is 2.64. The molecule has 1 aliphatic rings. The Morgan fingerprint density at radius 2 is 1.65 bits per heavy atom. The second-order valence-corrected chi connectivity index (χ2v) is 4.46. The van der Waals surface area contributed by atoms with Crippen LogP contribution in [0, 0.1) is 0 Å². The average molecular weight is 236 g/mol. The van der Waals surface area contributed by atoms with E-state index in [0.29, 0.717) is 17.1 Å². The van der Waals surface area contributed by atoms with E-state index in [2.05, 4.69) is 10.6 Å². The van der Waals surface area contributed by atoms with Crippen LogP contribution in [0.5, 0.6) is 11.5 Å². The monoisotopic (exact) mass is 236 g/mol. The van der Waals surface area contributed by atoms with Crippen molar-refractivity contribution in [2.45, 2.75) is 19.5 Å². The topological polar surface area (TPSA) is 59.6 Å². The Hall–Kier alpha value is -1.91. The van der Waals surface area contributed by atoms with E-state index in [9.17, 15) is 4.79 Å². The highest BCUT2D eigenvalue weighted by Gasteiger charge is 2.30. The Labute approximate surface area is 100 Å². The maximum absolute atomic E-state index is 11.9. The number of carbonyl (C=O) groups excluding carboxylic acids is 1. The fraction of sp³-hybridized carbons (Fsp3) is 0.417. The van der Waals surface area contributed by atoms with E-state index in [1.54, 1.807) is 26.4 Å². The molecule has 0 atom stereocenters. The van der Waals surface area contributed by atoms with Crippen molar-refractivity contribution in [3.63, 3.8) is 0 Å². The van der Waals surface area contributed by atoms with Crippen molar-refractivity contribution >= 4 is 11.6 Å². The van der Waals surface area contributed by atoms with Crippen molar-refractivity contribution in [1.82, 2.24) is 5.32 Å². The second-order valence-electron chi connectivity index (χ2n) is 4.46. The molecule has 0 fully saturated rings. The number of hydrogen-bond donors (Lipinski definition) is 2. The van der Waals surface area contributed by atoms with Crippen molar-refractivity contribution in [3.8, 4) is 11.5 Å². The maximum atomic E-state index is 11.9. The third-order valence-corrected chi connectivity index (χ3v) is 2.64. The lowest BCUT2D eigenvalue weighted by Crippen LogP contribution is -2.53. The van der Waals surface area contributed by atoms with E-state index in [1.807, 2.05) is 13.8 Å². The maximum Gasteiger partial charge on any atom is 0.255 e. The van der Waals surface area contributed by atoms with Crippen molar-refractivity contribution in [3.05, 3.63) is 17.7 Å². The van der Waals surface area contributed by atoms with Crippen LogP contribution in [0.1, 0.15) is 24.2 Å². The summed E-state index contributed by atoms with van der Waals surface area (Å²) in [4.78, 5) is 11.9. The number of methoxy groups -OCH3 is 2. The molecule has 0 spiro atoms. The first-order valence-electron chi connectivity index (χ1n) is 5.33. The van der Waals surface area contributed by atoms with Gasteiger partial charge >= 0.3 is 0 Å². The fourth-order valence-corrected chi connectivity index (χ4v) is 1.89. The molecule has 1 aliphatic heterocycles. The van der Waals surface area contributed by atoms with Crippen LogP contribution in [0.15, 0.2) is 12.1 Å². The third kappa shape index (κ3) is 2.00. The number of hydrogen-bond acceptors (Lipinski definition) is 4. The van der Waals surface area contributed by atoms with E-state index in [1.165, 1.54) is 0 Å². The van der Waals surface area contributed by atoms with Gasteiger partial charge in [-0.1, -0.05) is 0 Å². The van der Waals surface area contributed by atoms with Gasteiger partial charge in [-0.25, -0.2) is 0 Å². The molecule has 0 aromatic heterocycles. The van der Waals surface area contributed by atoms with Gasteiger partial charge in [0.05, 0.1) is 25.5 Å². The molecule has 1 amide bonds. The Kier molecular flexibility index (Phi) is 2.61. The lowest BCUT2D eigenvalue weighted by molar-refractivity contribution is 0.0913. The molecular weight excluding hydrogens is 220 g/mol. The molecule has 0 saturated heterocycles. The Morgan fingerprint density at radius 1 is 1.06 bits per heavy atom. The molecule has 1 heterocycles. The van der Waals surface area contributed by atoms with Crippen LogP contribution < -0.4 is 20.1 Å². The minimum Gasteiger partial charge on any atom is -0.493 e. The molecular formula is C12H16N2O3. The summed E-state index contributed by atoms with van der Waals surface area (Å²) in [5.41, 5.74) is 0.835. The highest BCUT2D eigenvalue weighted by atomic mass is 16.5. The summed E-state index contributed by atoms with van der Waals surface area (Å²) < 4.78 is 10.4. The molecule has 5 heteroatoms. The van der Waals surface area contributed by atoms with E-state index in [-0.39, 0.29) is 5.91 Å². The number of carbonyl (C=O) groups is 1. The van der Waals surface area contributed by atoms with Crippen molar-refractivity contribution in [2.75, 3.05) is 19.5 Å². The minimum absolute atomic E-state index is 0.121. The van der Waals surface area contributed by atoms with Gasteiger partial charge in [0.2, 0.25) is 0 Å². The van der Waals surface area contributed by atoms with Crippen LogP contribution in [0.2, 0.25) is 0 Å². The van der Waals surface area contributed by atoms with Gasteiger partial charge in [-0.3, -0.25) is 4.79 Å². The zero-order chi connectivity index (χ0) is 12.6. The first-order valence-corrected chi connectivity index (χ1v) is 5.33. The first-order chi connectivity index (χ1) is 7.96. The number of rotatable bonds is 2. The van der Waals surface area contributed by atoms with Crippen molar-refractivity contribution in [2.24, 2.45) is 0 Å². The summed E-state index contributed by atoms with van der Waals surface area (Å²) in [5, 5.41) is 6.08. The molecule has 2 N–H and O–H groups in total. The fourth-order valence-electron chi connectivity index (χ4n) is 1.89. The summed E-state index contributed by atoms with van der Waals surface area (Å²) in [7, 11) is 3.11. The SMILES string of the molecule is COc1cc2c(cc1OC)C(=O)NC(C)(C)N2. The molecule has 5 nitrogen and oxygen atoms in total.